The number of fused-ring (bicyclic) bond motifs is 1. The number of carboxylic acid groups (broad SMARTS) is 1. The van der Waals surface area contributed by atoms with Crippen molar-refractivity contribution in [2.24, 2.45) is 0 Å². The van der Waals surface area contributed by atoms with Gasteiger partial charge in [0.2, 0.25) is 0 Å². The number of hydrogen-bond donors (Lipinski definition) is 2. The van der Waals surface area contributed by atoms with Crippen LogP contribution in [-0.2, 0) is 11.2 Å². The Morgan fingerprint density at radius 1 is 1.43 bits per heavy atom. The average Bonchev–Trinajstić information content (AvgIpc) is 2.74. The number of anilines is 1. The summed E-state index contributed by atoms with van der Waals surface area (Å²) in [7, 11) is 0. The van der Waals surface area contributed by atoms with Gasteiger partial charge in [-0.05, 0) is 38.3 Å². The summed E-state index contributed by atoms with van der Waals surface area (Å²) in [5, 5.41) is 12.1. The van der Waals surface area contributed by atoms with Crippen LogP contribution < -0.4 is 10.2 Å². The van der Waals surface area contributed by atoms with Gasteiger partial charge in [0.05, 0.1) is 0 Å². The molecule has 0 saturated carbocycles. The van der Waals surface area contributed by atoms with E-state index in [1.54, 1.807) is 11.8 Å². The zero-order valence-corrected chi connectivity index (χ0v) is 12.7. The smallest absolute Gasteiger partial charge is 0.329 e. The van der Waals surface area contributed by atoms with Crippen LogP contribution in [0.5, 0.6) is 0 Å². The fraction of sp³-hybridized carbons (Fsp3) is 0.500. The second kappa shape index (κ2) is 5.76. The van der Waals surface area contributed by atoms with Crippen molar-refractivity contribution in [1.29, 1.82) is 0 Å². The molecule has 2 amide bonds. The molecular weight excluding hydrogens is 268 g/mol. The lowest BCUT2D eigenvalue weighted by Crippen LogP contribution is -2.57. The number of carbonyl (C=O) groups is 2. The minimum Gasteiger partial charge on any atom is -0.480 e. The van der Waals surface area contributed by atoms with E-state index in [0.29, 0.717) is 12.8 Å². The lowest BCUT2D eigenvalue weighted by Gasteiger charge is -2.31. The third-order valence-corrected chi connectivity index (χ3v) is 4.03. The van der Waals surface area contributed by atoms with Crippen LogP contribution in [0.15, 0.2) is 24.3 Å². The summed E-state index contributed by atoms with van der Waals surface area (Å²) in [5.74, 6) is -1.00. The lowest BCUT2D eigenvalue weighted by atomic mass is 9.96. The van der Waals surface area contributed by atoms with Crippen molar-refractivity contribution < 1.29 is 14.7 Å². The zero-order valence-electron chi connectivity index (χ0n) is 12.7. The van der Waals surface area contributed by atoms with Gasteiger partial charge in [-0.1, -0.05) is 31.5 Å². The molecule has 2 N–H and O–H groups in total. The maximum atomic E-state index is 12.6. The van der Waals surface area contributed by atoms with Crippen molar-refractivity contribution in [3.05, 3.63) is 29.8 Å². The van der Waals surface area contributed by atoms with Crippen molar-refractivity contribution >= 4 is 17.7 Å². The van der Waals surface area contributed by atoms with Crippen LogP contribution in [0.2, 0.25) is 0 Å². The summed E-state index contributed by atoms with van der Waals surface area (Å²) in [6.07, 6.45) is 1.88. The van der Waals surface area contributed by atoms with E-state index in [1.807, 2.05) is 38.1 Å². The number of carboxylic acids is 1. The van der Waals surface area contributed by atoms with Gasteiger partial charge in [0.1, 0.15) is 5.54 Å². The maximum Gasteiger partial charge on any atom is 0.329 e. The summed E-state index contributed by atoms with van der Waals surface area (Å²) in [4.78, 5) is 25.7. The van der Waals surface area contributed by atoms with E-state index in [4.69, 9.17) is 0 Å². The van der Waals surface area contributed by atoms with Crippen LogP contribution in [-0.4, -0.2) is 28.7 Å². The Bertz CT molecular complexity index is 558. The number of nitrogens with zero attached hydrogens (tertiary/aromatic N) is 1. The van der Waals surface area contributed by atoms with E-state index in [2.05, 4.69) is 5.32 Å². The van der Waals surface area contributed by atoms with Crippen molar-refractivity contribution in [1.82, 2.24) is 5.32 Å². The van der Waals surface area contributed by atoms with Crippen LogP contribution in [0.25, 0.3) is 0 Å². The molecule has 5 heteroatoms. The Balaban J connectivity index is 2.22. The number of carbonyl (C=O) groups excluding carboxylic acids is 1. The number of benzene rings is 1. The third kappa shape index (κ3) is 2.86. The van der Waals surface area contributed by atoms with E-state index in [0.717, 1.165) is 17.7 Å². The molecule has 2 unspecified atom stereocenters. The predicted octanol–water partition coefficient (Wildman–Crippen LogP) is 2.79. The van der Waals surface area contributed by atoms with E-state index in [-0.39, 0.29) is 12.1 Å². The number of aliphatic carboxylic acids is 1. The molecule has 1 heterocycles. The van der Waals surface area contributed by atoms with Crippen LogP contribution >= 0.6 is 0 Å². The summed E-state index contributed by atoms with van der Waals surface area (Å²) >= 11 is 0. The van der Waals surface area contributed by atoms with Gasteiger partial charge in [-0.15, -0.1) is 0 Å². The minimum absolute atomic E-state index is 0.0297. The van der Waals surface area contributed by atoms with Gasteiger partial charge in [0.15, 0.2) is 0 Å². The molecule has 2 rings (SSSR count). The molecule has 0 bridgehead atoms. The Morgan fingerprint density at radius 2 is 2.10 bits per heavy atom. The zero-order chi connectivity index (χ0) is 15.6. The number of para-hydroxylation sites is 1. The second-order valence-corrected chi connectivity index (χ2v) is 5.87. The molecule has 114 valence electrons. The first-order chi connectivity index (χ1) is 9.89. The van der Waals surface area contributed by atoms with Gasteiger partial charge in [-0.3, -0.25) is 4.90 Å². The van der Waals surface area contributed by atoms with E-state index in [9.17, 15) is 14.7 Å². The molecule has 0 spiro atoms. The molecule has 1 aromatic carbocycles. The Labute approximate surface area is 125 Å². The molecule has 5 nitrogen and oxygen atoms in total. The highest BCUT2D eigenvalue weighted by molar-refractivity contribution is 5.97. The summed E-state index contributed by atoms with van der Waals surface area (Å²) in [5.41, 5.74) is 0.753. The molecule has 1 aromatic rings. The highest BCUT2D eigenvalue weighted by Crippen LogP contribution is 2.32. The van der Waals surface area contributed by atoms with E-state index in [1.165, 1.54) is 0 Å². The highest BCUT2D eigenvalue weighted by atomic mass is 16.4. The van der Waals surface area contributed by atoms with Gasteiger partial charge < -0.3 is 10.4 Å². The fourth-order valence-corrected chi connectivity index (χ4v) is 2.89. The first kappa shape index (κ1) is 15.4. The Kier molecular flexibility index (Phi) is 4.21. The molecule has 21 heavy (non-hydrogen) atoms. The number of urea groups is 1. The Morgan fingerprint density at radius 3 is 2.71 bits per heavy atom. The van der Waals surface area contributed by atoms with Crippen LogP contribution in [0.1, 0.15) is 39.2 Å². The molecule has 0 aromatic heterocycles. The summed E-state index contributed by atoms with van der Waals surface area (Å²) < 4.78 is 0. The monoisotopic (exact) mass is 290 g/mol. The van der Waals surface area contributed by atoms with Crippen molar-refractivity contribution in [3.8, 4) is 0 Å². The largest absolute Gasteiger partial charge is 0.480 e. The molecule has 2 atom stereocenters. The molecule has 0 radical (unpaired) electrons. The van der Waals surface area contributed by atoms with Gasteiger partial charge in [-0.2, -0.15) is 0 Å². The standard InChI is InChI=1S/C16H22N2O3/c1-4-9-16(3,14(19)20)17-15(21)18-11(2)10-12-7-5-6-8-13(12)18/h5-8,11H,4,9-10H2,1-3H3,(H,17,21)(H,19,20). The fourth-order valence-electron chi connectivity index (χ4n) is 2.89. The lowest BCUT2D eigenvalue weighted by molar-refractivity contribution is -0.144. The number of hydrogen-bond acceptors (Lipinski definition) is 2. The Hall–Kier alpha value is -2.04. The normalized spacial score (nSPS) is 19.8. The molecule has 1 aliphatic rings. The van der Waals surface area contributed by atoms with Crippen LogP contribution in [0.4, 0.5) is 10.5 Å². The predicted molar refractivity (Wildman–Crippen MR) is 81.6 cm³/mol. The van der Waals surface area contributed by atoms with E-state index < -0.39 is 11.5 Å². The van der Waals surface area contributed by atoms with Gasteiger partial charge in [-0.25, -0.2) is 9.59 Å². The number of amides is 2. The first-order valence-corrected chi connectivity index (χ1v) is 7.31. The third-order valence-electron chi connectivity index (χ3n) is 4.03. The summed E-state index contributed by atoms with van der Waals surface area (Å²) in [6.45, 7) is 5.43. The van der Waals surface area contributed by atoms with Gasteiger partial charge in [0.25, 0.3) is 0 Å². The van der Waals surface area contributed by atoms with Crippen LogP contribution in [0, 0.1) is 0 Å². The molecular formula is C16H22N2O3. The molecule has 0 aliphatic carbocycles. The van der Waals surface area contributed by atoms with Crippen molar-refractivity contribution in [2.75, 3.05) is 4.90 Å². The average molecular weight is 290 g/mol. The minimum atomic E-state index is -1.23. The number of rotatable bonds is 4. The first-order valence-electron chi connectivity index (χ1n) is 7.31. The highest BCUT2D eigenvalue weighted by Gasteiger charge is 2.38. The molecule has 0 saturated heterocycles. The summed E-state index contributed by atoms with van der Waals surface area (Å²) in [6, 6.07) is 7.43. The maximum absolute atomic E-state index is 12.6. The van der Waals surface area contributed by atoms with Crippen LogP contribution in [0.3, 0.4) is 0 Å². The van der Waals surface area contributed by atoms with Gasteiger partial charge >= 0.3 is 12.0 Å². The van der Waals surface area contributed by atoms with Crippen molar-refractivity contribution in [2.45, 2.75) is 51.6 Å². The SMILES string of the molecule is CCCC(C)(NC(=O)N1c2ccccc2CC1C)C(=O)O. The quantitative estimate of drug-likeness (QED) is 0.896. The van der Waals surface area contributed by atoms with Gasteiger partial charge in [0, 0.05) is 11.7 Å². The number of nitrogens with one attached hydrogen (secondary N) is 1. The second-order valence-electron chi connectivity index (χ2n) is 5.87. The van der Waals surface area contributed by atoms with Crippen molar-refractivity contribution in [3.63, 3.8) is 0 Å². The molecule has 1 aliphatic heterocycles. The molecule has 0 fully saturated rings. The van der Waals surface area contributed by atoms with E-state index >= 15 is 0 Å². The topological polar surface area (TPSA) is 69.6 Å².